The molecule has 0 saturated heterocycles. The Morgan fingerprint density at radius 2 is 1.29 bits per heavy atom. The summed E-state index contributed by atoms with van der Waals surface area (Å²) in [5.41, 5.74) is 12.2. The van der Waals surface area contributed by atoms with Crippen molar-refractivity contribution in [1.82, 2.24) is 4.57 Å². The quantitative estimate of drug-likeness (QED) is 0.243. The zero-order valence-electron chi connectivity index (χ0n) is 20.9. The van der Waals surface area contributed by atoms with Crippen LogP contribution in [0.2, 0.25) is 0 Å². The van der Waals surface area contributed by atoms with Gasteiger partial charge in [-0.2, -0.15) is 0 Å². The molecule has 5 aromatic carbocycles. The van der Waals surface area contributed by atoms with Gasteiger partial charge in [-0.1, -0.05) is 84.9 Å². The minimum Gasteiger partial charge on any atom is -0.456 e. The van der Waals surface area contributed by atoms with Crippen molar-refractivity contribution in [1.29, 1.82) is 0 Å². The highest BCUT2D eigenvalue weighted by molar-refractivity contribution is 6.07. The molecule has 0 spiro atoms. The number of nitrogens with zero attached hydrogens (tertiary/aromatic N) is 1. The smallest absolute Gasteiger partial charge is 0.135 e. The summed E-state index contributed by atoms with van der Waals surface area (Å²) in [7, 11) is 0. The molecule has 2 heterocycles. The lowest BCUT2D eigenvalue weighted by Crippen LogP contribution is -2.05. The molecular weight excluding hydrogens is 462 g/mol. The van der Waals surface area contributed by atoms with E-state index >= 15 is 0 Å². The van der Waals surface area contributed by atoms with E-state index < -0.39 is 0 Å². The third-order valence-corrected chi connectivity index (χ3v) is 7.92. The molecule has 0 fully saturated rings. The van der Waals surface area contributed by atoms with E-state index in [1.54, 1.807) is 0 Å². The molecule has 0 atom stereocenters. The lowest BCUT2D eigenvalue weighted by molar-refractivity contribution is 0.669. The van der Waals surface area contributed by atoms with Crippen LogP contribution in [-0.2, 0) is 6.42 Å². The first-order chi connectivity index (χ1) is 18.8. The zero-order valence-corrected chi connectivity index (χ0v) is 20.9. The molecule has 1 aliphatic rings. The van der Waals surface area contributed by atoms with E-state index in [0.717, 1.165) is 24.0 Å². The fraction of sp³-hybridized carbons (Fsp3) is 0.0556. The molecule has 1 aliphatic carbocycles. The molecule has 38 heavy (non-hydrogen) atoms. The molecule has 8 rings (SSSR count). The molecule has 2 nitrogen and oxygen atoms in total. The van der Waals surface area contributed by atoms with E-state index in [1.165, 1.54) is 60.9 Å². The average Bonchev–Trinajstić information content (AvgIpc) is 3.53. The zero-order chi connectivity index (χ0) is 25.1. The highest BCUT2D eigenvalue weighted by Crippen LogP contribution is 2.40. The van der Waals surface area contributed by atoms with Crippen molar-refractivity contribution < 1.29 is 4.42 Å². The average molecular weight is 488 g/mol. The third-order valence-electron chi connectivity index (χ3n) is 7.92. The van der Waals surface area contributed by atoms with Crippen LogP contribution in [0.1, 0.15) is 23.2 Å². The Hall–Kier alpha value is -4.82. The molecular formula is C36H25NO. The highest BCUT2D eigenvalue weighted by Gasteiger charge is 2.22. The summed E-state index contributed by atoms with van der Waals surface area (Å²) in [6.45, 7) is 0. The topological polar surface area (TPSA) is 18.1 Å². The minimum absolute atomic E-state index is 0.945. The third kappa shape index (κ3) is 3.27. The number of benzene rings is 5. The number of para-hydroxylation sites is 2. The predicted molar refractivity (Wildman–Crippen MR) is 159 cm³/mol. The van der Waals surface area contributed by atoms with Crippen molar-refractivity contribution in [2.75, 3.05) is 0 Å². The monoisotopic (exact) mass is 487 g/mol. The molecule has 0 N–H and O–H groups in total. The van der Waals surface area contributed by atoms with E-state index in [-0.39, 0.29) is 0 Å². The van der Waals surface area contributed by atoms with Crippen LogP contribution in [-0.4, -0.2) is 4.57 Å². The first-order valence-electron chi connectivity index (χ1n) is 13.2. The Bertz CT molecular complexity index is 2020. The second-order valence-corrected chi connectivity index (χ2v) is 10.1. The molecule has 2 heteroatoms. The number of rotatable bonds is 3. The van der Waals surface area contributed by atoms with Crippen LogP contribution in [0.15, 0.2) is 126 Å². The number of furan rings is 1. The van der Waals surface area contributed by atoms with Crippen molar-refractivity contribution in [3.05, 3.63) is 138 Å². The number of aromatic nitrogens is 1. The summed E-state index contributed by atoms with van der Waals surface area (Å²) in [6.07, 6.45) is 4.42. The molecule has 0 amide bonds. The van der Waals surface area contributed by atoms with Crippen LogP contribution in [0.5, 0.6) is 0 Å². The maximum Gasteiger partial charge on any atom is 0.135 e. The summed E-state index contributed by atoms with van der Waals surface area (Å²) in [6, 6.07) is 43.3. The normalized spacial score (nSPS) is 13.2. The van der Waals surface area contributed by atoms with E-state index in [0.29, 0.717) is 0 Å². The Morgan fingerprint density at radius 3 is 2.21 bits per heavy atom. The van der Waals surface area contributed by atoms with Crippen molar-refractivity contribution in [2.45, 2.75) is 12.8 Å². The van der Waals surface area contributed by atoms with Crippen LogP contribution < -0.4 is 0 Å². The van der Waals surface area contributed by atoms with E-state index in [1.807, 2.05) is 12.1 Å². The fourth-order valence-corrected chi connectivity index (χ4v) is 6.13. The fourth-order valence-electron chi connectivity index (χ4n) is 6.13. The van der Waals surface area contributed by atoms with Gasteiger partial charge in [0.05, 0.1) is 5.52 Å². The lowest BCUT2D eigenvalue weighted by atomic mass is 9.90. The lowest BCUT2D eigenvalue weighted by Gasteiger charge is -2.18. The highest BCUT2D eigenvalue weighted by atomic mass is 16.3. The summed E-state index contributed by atoms with van der Waals surface area (Å²) in [5, 5.41) is 3.67. The number of hydrogen-bond acceptors (Lipinski definition) is 1. The summed E-state index contributed by atoms with van der Waals surface area (Å²) >= 11 is 0. The largest absolute Gasteiger partial charge is 0.456 e. The minimum atomic E-state index is 0.945. The van der Waals surface area contributed by atoms with Gasteiger partial charge in [0.15, 0.2) is 0 Å². The van der Waals surface area contributed by atoms with Crippen molar-refractivity contribution in [3.8, 4) is 16.8 Å². The van der Waals surface area contributed by atoms with E-state index in [2.05, 4.69) is 120 Å². The van der Waals surface area contributed by atoms with Gasteiger partial charge in [-0.25, -0.2) is 0 Å². The standard InChI is InChI=1S/C36H25NO/c1-2-9-24(10-3-1)25-11-8-12-28(21-25)37-33-15-6-4-13-29(33)31-22-26(17-19-34(31)37)27-18-20-36-32(23-27)30-14-5-7-16-35(30)38-36/h1-16,18,20-23H,17,19H2. The van der Waals surface area contributed by atoms with Crippen molar-refractivity contribution in [3.63, 3.8) is 0 Å². The molecule has 0 bridgehead atoms. The van der Waals surface area contributed by atoms with Crippen LogP contribution in [0.3, 0.4) is 0 Å². The number of hydrogen-bond donors (Lipinski definition) is 0. The van der Waals surface area contributed by atoms with E-state index in [4.69, 9.17) is 4.42 Å². The molecule has 0 radical (unpaired) electrons. The van der Waals surface area contributed by atoms with Crippen LogP contribution >= 0.6 is 0 Å². The van der Waals surface area contributed by atoms with Crippen LogP contribution in [0.4, 0.5) is 0 Å². The predicted octanol–water partition coefficient (Wildman–Crippen LogP) is 9.68. The van der Waals surface area contributed by atoms with Gasteiger partial charge in [-0.15, -0.1) is 0 Å². The SMILES string of the molecule is C1=C(c2ccc3oc4ccccc4c3c2)CCc2c1c1ccccc1n2-c1cccc(-c2ccccc2)c1. The van der Waals surface area contributed by atoms with Gasteiger partial charge < -0.3 is 8.98 Å². The first kappa shape index (κ1) is 21.3. The number of allylic oxidation sites excluding steroid dienone is 1. The Balaban J connectivity index is 1.29. The van der Waals surface area contributed by atoms with Gasteiger partial charge >= 0.3 is 0 Å². The Labute approximate surface area is 221 Å². The maximum absolute atomic E-state index is 6.08. The summed E-state index contributed by atoms with van der Waals surface area (Å²) < 4.78 is 8.55. The van der Waals surface area contributed by atoms with Gasteiger partial charge in [-0.3, -0.25) is 0 Å². The molecule has 2 aromatic heterocycles. The summed E-state index contributed by atoms with van der Waals surface area (Å²) in [4.78, 5) is 0. The van der Waals surface area contributed by atoms with Gasteiger partial charge in [0, 0.05) is 33.1 Å². The Kier molecular flexibility index (Phi) is 4.68. The van der Waals surface area contributed by atoms with Crippen molar-refractivity contribution in [2.24, 2.45) is 0 Å². The molecule has 180 valence electrons. The number of fused-ring (bicyclic) bond motifs is 6. The Morgan fingerprint density at radius 1 is 0.526 bits per heavy atom. The van der Waals surface area contributed by atoms with Crippen LogP contribution in [0.25, 0.3) is 61.3 Å². The molecule has 0 aliphatic heterocycles. The maximum atomic E-state index is 6.08. The van der Waals surface area contributed by atoms with Crippen molar-refractivity contribution >= 4 is 44.5 Å². The van der Waals surface area contributed by atoms with Gasteiger partial charge in [-0.05, 0) is 77.6 Å². The summed E-state index contributed by atoms with van der Waals surface area (Å²) in [5.74, 6) is 0. The van der Waals surface area contributed by atoms with Gasteiger partial charge in [0.2, 0.25) is 0 Å². The molecule has 7 aromatic rings. The van der Waals surface area contributed by atoms with Crippen LogP contribution in [0, 0.1) is 0 Å². The second-order valence-electron chi connectivity index (χ2n) is 10.1. The van der Waals surface area contributed by atoms with E-state index in [9.17, 15) is 0 Å². The first-order valence-corrected chi connectivity index (χ1v) is 13.2. The molecule has 0 saturated carbocycles. The van der Waals surface area contributed by atoms with Gasteiger partial charge in [0.25, 0.3) is 0 Å². The second kappa shape index (κ2) is 8.36. The molecule has 0 unspecified atom stereocenters. The van der Waals surface area contributed by atoms with Gasteiger partial charge in [0.1, 0.15) is 11.2 Å².